The summed E-state index contributed by atoms with van der Waals surface area (Å²) < 4.78 is 14.7. The van der Waals surface area contributed by atoms with E-state index in [9.17, 15) is 14.0 Å². The molecule has 0 unspecified atom stereocenters. The van der Waals surface area contributed by atoms with Gasteiger partial charge in [-0.3, -0.25) is 19.1 Å². The Hall–Kier alpha value is -4.10. The largest absolute Gasteiger partial charge is 0.325 e. The van der Waals surface area contributed by atoms with Gasteiger partial charge >= 0.3 is 0 Å². The zero-order valence-electron chi connectivity index (χ0n) is 20.1. The fourth-order valence-corrected chi connectivity index (χ4v) is 4.50. The first-order chi connectivity index (χ1) is 17.5. The van der Waals surface area contributed by atoms with Gasteiger partial charge < -0.3 is 5.32 Å². The van der Waals surface area contributed by atoms with Gasteiger partial charge in [0.2, 0.25) is 5.91 Å². The van der Waals surface area contributed by atoms with Gasteiger partial charge in [0.05, 0.1) is 5.69 Å². The molecule has 6 nitrogen and oxygen atoms in total. The Morgan fingerprint density at radius 3 is 2.44 bits per heavy atom. The lowest BCUT2D eigenvalue weighted by atomic mass is 10.0. The van der Waals surface area contributed by atoms with Crippen LogP contribution in [0.2, 0.25) is 0 Å². The predicted molar refractivity (Wildman–Crippen MR) is 138 cm³/mol. The number of carbonyl (C=O) groups is 1. The quantitative estimate of drug-likeness (QED) is 0.438. The second kappa shape index (κ2) is 10.3. The lowest BCUT2D eigenvalue weighted by Gasteiger charge is -2.29. The van der Waals surface area contributed by atoms with Crippen molar-refractivity contribution in [2.75, 3.05) is 11.9 Å². The van der Waals surface area contributed by atoms with Crippen LogP contribution in [0.5, 0.6) is 0 Å². The number of aromatic nitrogens is 2. The van der Waals surface area contributed by atoms with Crippen LogP contribution in [0.3, 0.4) is 0 Å². The van der Waals surface area contributed by atoms with Crippen molar-refractivity contribution in [1.29, 1.82) is 0 Å². The predicted octanol–water partition coefficient (Wildman–Crippen LogP) is 4.55. The van der Waals surface area contributed by atoms with E-state index >= 15 is 0 Å². The number of hydrogen-bond donors (Lipinski definition) is 1. The van der Waals surface area contributed by atoms with Crippen LogP contribution in [0.1, 0.15) is 22.4 Å². The lowest BCUT2D eigenvalue weighted by Crippen LogP contribution is -2.39. The van der Waals surface area contributed by atoms with Gasteiger partial charge in [0.25, 0.3) is 5.56 Å². The first kappa shape index (κ1) is 23.6. The monoisotopic (exact) mass is 482 g/mol. The molecule has 0 fully saturated rings. The molecule has 0 aliphatic carbocycles. The number of fused-ring (bicyclic) bond motifs is 1. The number of amides is 1. The molecule has 36 heavy (non-hydrogen) atoms. The van der Waals surface area contributed by atoms with E-state index in [4.69, 9.17) is 4.98 Å². The van der Waals surface area contributed by atoms with Gasteiger partial charge in [-0.25, -0.2) is 9.37 Å². The standard InChI is InChI=1S/C29H27FN4O2/c1-20-7-9-22(10-8-20)28-32-26-18-33(17-21-5-3-2-4-6-21)16-15-25(26)29(36)34(28)19-27(35)31-24-13-11-23(30)12-14-24/h2-14H,15-19H2,1H3,(H,31,35). The molecule has 182 valence electrons. The molecule has 2 heterocycles. The van der Waals surface area contributed by atoms with Crippen molar-refractivity contribution in [2.45, 2.75) is 33.0 Å². The maximum atomic E-state index is 13.6. The van der Waals surface area contributed by atoms with E-state index in [1.807, 2.05) is 49.4 Å². The topological polar surface area (TPSA) is 67.2 Å². The van der Waals surface area contributed by atoms with Gasteiger partial charge in [-0.15, -0.1) is 0 Å². The molecule has 0 atom stereocenters. The zero-order chi connectivity index (χ0) is 25.1. The van der Waals surface area contributed by atoms with E-state index in [1.165, 1.54) is 34.4 Å². The normalized spacial score (nSPS) is 13.3. The summed E-state index contributed by atoms with van der Waals surface area (Å²) in [6.45, 7) is 3.90. The van der Waals surface area contributed by atoms with Crippen LogP contribution in [0.15, 0.2) is 83.7 Å². The van der Waals surface area contributed by atoms with Crippen molar-refractivity contribution >= 4 is 11.6 Å². The van der Waals surface area contributed by atoms with E-state index < -0.39 is 0 Å². The first-order valence-corrected chi connectivity index (χ1v) is 12.0. The molecule has 3 aromatic carbocycles. The molecule has 0 spiro atoms. The van der Waals surface area contributed by atoms with Gasteiger partial charge in [0.15, 0.2) is 0 Å². The van der Waals surface area contributed by atoms with Crippen LogP contribution in [-0.4, -0.2) is 26.9 Å². The lowest BCUT2D eigenvalue weighted by molar-refractivity contribution is -0.116. The highest BCUT2D eigenvalue weighted by Crippen LogP contribution is 2.23. The summed E-state index contributed by atoms with van der Waals surface area (Å²) in [5.41, 5.74) is 4.77. The molecule has 1 aliphatic heterocycles. The molecule has 5 rings (SSSR count). The molecule has 1 aliphatic rings. The van der Waals surface area contributed by atoms with Gasteiger partial charge in [-0.2, -0.15) is 0 Å². The molecule has 1 amide bonds. The Kier molecular flexibility index (Phi) is 6.73. The van der Waals surface area contributed by atoms with E-state index in [0.717, 1.165) is 29.9 Å². The fraction of sp³-hybridized carbons (Fsp3) is 0.207. The molecule has 4 aromatic rings. The average Bonchev–Trinajstić information content (AvgIpc) is 2.88. The Balaban J connectivity index is 1.47. The van der Waals surface area contributed by atoms with Gasteiger partial charge in [-0.05, 0) is 43.2 Å². The number of anilines is 1. The number of aryl methyl sites for hydroxylation is 1. The minimum Gasteiger partial charge on any atom is -0.325 e. The summed E-state index contributed by atoms with van der Waals surface area (Å²) in [6.07, 6.45) is 0.571. The van der Waals surface area contributed by atoms with Crippen molar-refractivity contribution in [3.63, 3.8) is 0 Å². The molecule has 0 bridgehead atoms. The molecule has 1 N–H and O–H groups in total. The molecule has 1 aromatic heterocycles. The van der Waals surface area contributed by atoms with Crippen molar-refractivity contribution in [3.8, 4) is 11.4 Å². The summed E-state index contributed by atoms with van der Waals surface area (Å²) in [5.74, 6) is -0.291. The minimum absolute atomic E-state index is 0.187. The Bertz CT molecular complexity index is 1430. The number of carbonyl (C=O) groups excluding carboxylic acids is 1. The number of rotatable bonds is 6. The number of hydrogen-bond acceptors (Lipinski definition) is 4. The smallest absolute Gasteiger partial charge is 0.257 e. The van der Waals surface area contributed by atoms with Crippen LogP contribution >= 0.6 is 0 Å². The van der Waals surface area contributed by atoms with E-state index in [1.54, 1.807) is 0 Å². The summed E-state index contributed by atoms with van der Waals surface area (Å²) in [6, 6.07) is 23.5. The molecule has 7 heteroatoms. The number of benzene rings is 3. The molecular weight excluding hydrogens is 455 g/mol. The second-order valence-electron chi connectivity index (χ2n) is 9.12. The van der Waals surface area contributed by atoms with Crippen LogP contribution in [-0.2, 0) is 30.8 Å². The Labute approximate surface area is 209 Å². The van der Waals surface area contributed by atoms with Crippen LogP contribution in [0, 0.1) is 12.7 Å². The van der Waals surface area contributed by atoms with Gasteiger partial charge in [0, 0.05) is 36.4 Å². The summed E-state index contributed by atoms with van der Waals surface area (Å²) in [4.78, 5) is 33.7. The van der Waals surface area contributed by atoms with Crippen molar-refractivity contribution < 1.29 is 9.18 Å². The maximum Gasteiger partial charge on any atom is 0.257 e. The SMILES string of the molecule is Cc1ccc(-c2nc3c(c(=O)n2CC(=O)Nc2ccc(F)cc2)CCN(Cc2ccccc2)C3)cc1. The summed E-state index contributed by atoms with van der Waals surface area (Å²) >= 11 is 0. The summed E-state index contributed by atoms with van der Waals surface area (Å²) in [7, 11) is 0. The van der Waals surface area contributed by atoms with Gasteiger partial charge in [-0.1, -0.05) is 60.2 Å². The third-order valence-electron chi connectivity index (χ3n) is 6.39. The Morgan fingerprint density at radius 1 is 1.00 bits per heavy atom. The van der Waals surface area contributed by atoms with E-state index in [0.29, 0.717) is 30.0 Å². The molecular formula is C29H27FN4O2. The first-order valence-electron chi connectivity index (χ1n) is 12.0. The number of nitrogens with zero attached hydrogens (tertiary/aromatic N) is 3. The minimum atomic E-state index is -0.383. The van der Waals surface area contributed by atoms with Crippen molar-refractivity contribution in [3.05, 3.63) is 117 Å². The van der Waals surface area contributed by atoms with Crippen LogP contribution < -0.4 is 10.9 Å². The zero-order valence-corrected chi connectivity index (χ0v) is 20.1. The summed E-state index contributed by atoms with van der Waals surface area (Å²) in [5, 5.41) is 2.75. The van der Waals surface area contributed by atoms with Crippen molar-refractivity contribution in [2.24, 2.45) is 0 Å². The van der Waals surface area contributed by atoms with E-state index in [2.05, 4.69) is 22.3 Å². The maximum absolute atomic E-state index is 13.6. The second-order valence-corrected chi connectivity index (χ2v) is 9.12. The molecule has 0 saturated heterocycles. The number of halogens is 1. The molecule has 0 radical (unpaired) electrons. The van der Waals surface area contributed by atoms with Crippen LogP contribution in [0.25, 0.3) is 11.4 Å². The highest BCUT2D eigenvalue weighted by molar-refractivity contribution is 5.90. The van der Waals surface area contributed by atoms with Gasteiger partial charge in [0.1, 0.15) is 18.2 Å². The Morgan fingerprint density at radius 2 is 1.72 bits per heavy atom. The van der Waals surface area contributed by atoms with Crippen LogP contribution in [0.4, 0.5) is 10.1 Å². The molecule has 0 saturated carbocycles. The van der Waals surface area contributed by atoms with Crippen molar-refractivity contribution in [1.82, 2.24) is 14.5 Å². The fourth-order valence-electron chi connectivity index (χ4n) is 4.50. The highest BCUT2D eigenvalue weighted by Gasteiger charge is 2.25. The average molecular weight is 483 g/mol. The third-order valence-corrected chi connectivity index (χ3v) is 6.39. The number of nitrogens with one attached hydrogen (secondary N) is 1. The highest BCUT2D eigenvalue weighted by atomic mass is 19.1. The third kappa shape index (κ3) is 5.26. The van der Waals surface area contributed by atoms with E-state index in [-0.39, 0.29) is 23.8 Å².